The third-order valence-corrected chi connectivity index (χ3v) is 10.5. The molecular weight excluding hydrogens is 570 g/mol. The van der Waals surface area contributed by atoms with Gasteiger partial charge in [0.25, 0.3) is 5.91 Å². The van der Waals surface area contributed by atoms with Gasteiger partial charge in [-0.1, -0.05) is 73.9 Å². The first-order valence-electron chi connectivity index (χ1n) is 15.5. The van der Waals surface area contributed by atoms with E-state index >= 15 is 0 Å². The minimum atomic E-state index is -3.90. The number of benzene rings is 4. The zero-order valence-electron chi connectivity index (χ0n) is 25.7. The second kappa shape index (κ2) is 12.3. The molecule has 8 heteroatoms. The number of carbonyl (C=O) groups is 1. The van der Waals surface area contributed by atoms with E-state index in [1.807, 2.05) is 62.4 Å². The fourth-order valence-corrected chi connectivity index (χ4v) is 8.12. The Balaban J connectivity index is 1.26. The number of rotatable bonds is 8. The van der Waals surface area contributed by atoms with Crippen molar-refractivity contribution >= 4 is 32.4 Å². The van der Waals surface area contributed by atoms with Crippen LogP contribution in [0.2, 0.25) is 0 Å². The first-order chi connectivity index (χ1) is 21.1. The van der Waals surface area contributed by atoms with Crippen molar-refractivity contribution in [1.82, 2.24) is 9.62 Å². The number of anilines is 1. The predicted molar refractivity (Wildman–Crippen MR) is 176 cm³/mol. The van der Waals surface area contributed by atoms with E-state index in [1.165, 1.54) is 32.1 Å². The Morgan fingerprint density at radius 1 is 0.932 bits per heavy atom. The third kappa shape index (κ3) is 6.53. The van der Waals surface area contributed by atoms with Crippen molar-refractivity contribution < 1.29 is 17.9 Å². The van der Waals surface area contributed by atoms with E-state index in [2.05, 4.69) is 28.1 Å². The van der Waals surface area contributed by atoms with Crippen LogP contribution in [0, 0.1) is 0 Å². The molecule has 1 amide bonds. The highest BCUT2D eigenvalue weighted by Crippen LogP contribution is 2.41. The van der Waals surface area contributed by atoms with E-state index in [0.29, 0.717) is 34.7 Å². The number of hydrogen-bond acceptors (Lipinski definition) is 5. The summed E-state index contributed by atoms with van der Waals surface area (Å²) in [6.45, 7) is 4.64. The third-order valence-electron chi connectivity index (χ3n) is 8.95. The second-order valence-corrected chi connectivity index (χ2v) is 14.5. The molecule has 1 aliphatic carbocycles. The highest BCUT2D eigenvalue weighted by molar-refractivity contribution is 7.89. The summed E-state index contributed by atoms with van der Waals surface area (Å²) in [5.41, 5.74) is 2.33. The summed E-state index contributed by atoms with van der Waals surface area (Å²) < 4.78 is 36.8. The van der Waals surface area contributed by atoms with Crippen molar-refractivity contribution in [3.05, 3.63) is 102 Å². The SMILES string of the molecule is CN(Cc1ccccc1NC(=O)c1ccc2c(c1)[C@@H](NS(=O)(=O)c1cccc3ccccc13)CC(C)(C)O2)C1CCCCC1. The molecule has 1 saturated carbocycles. The first-order valence-corrected chi connectivity index (χ1v) is 17.0. The molecule has 4 aromatic carbocycles. The molecule has 0 unspecified atom stereocenters. The van der Waals surface area contributed by atoms with Crippen LogP contribution in [-0.2, 0) is 16.6 Å². The molecule has 1 fully saturated rings. The average molecular weight is 612 g/mol. The zero-order chi connectivity index (χ0) is 30.9. The topological polar surface area (TPSA) is 87.7 Å². The van der Waals surface area contributed by atoms with Crippen LogP contribution in [0.25, 0.3) is 10.8 Å². The van der Waals surface area contributed by atoms with E-state index in [-0.39, 0.29) is 10.8 Å². The molecule has 2 aliphatic rings. The number of ether oxygens (including phenoxy) is 1. The van der Waals surface area contributed by atoms with Gasteiger partial charge in [-0.15, -0.1) is 0 Å². The van der Waals surface area contributed by atoms with Gasteiger partial charge < -0.3 is 10.1 Å². The Labute approximate surface area is 260 Å². The fraction of sp³-hybridized carbons (Fsp3) is 0.361. The number of nitrogens with zero attached hydrogens (tertiary/aromatic N) is 1. The van der Waals surface area contributed by atoms with Crippen LogP contribution in [0.1, 0.15) is 79.9 Å². The summed E-state index contributed by atoms with van der Waals surface area (Å²) in [4.78, 5) is 16.2. The van der Waals surface area contributed by atoms with Gasteiger partial charge in [-0.05, 0) is 75.0 Å². The number of hydrogen-bond donors (Lipinski definition) is 2. The summed E-state index contributed by atoms with van der Waals surface area (Å²) >= 11 is 0. The smallest absolute Gasteiger partial charge is 0.255 e. The highest BCUT2D eigenvalue weighted by atomic mass is 32.2. The molecule has 1 atom stereocenters. The van der Waals surface area contributed by atoms with Gasteiger partial charge in [0.2, 0.25) is 10.0 Å². The molecule has 0 radical (unpaired) electrons. The maximum Gasteiger partial charge on any atom is 0.255 e. The number of carbonyl (C=O) groups excluding carboxylic acids is 1. The van der Waals surface area contributed by atoms with Crippen LogP contribution in [0.15, 0.2) is 89.8 Å². The van der Waals surface area contributed by atoms with Gasteiger partial charge in [0.1, 0.15) is 11.4 Å². The summed E-state index contributed by atoms with van der Waals surface area (Å²) in [6.07, 6.45) is 6.68. The molecule has 44 heavy (non-hydrogen) atoms. The number of nitrogens with one attached hydrogen (secondary N) is 2. The fourth-order valence-electron chi connectivity index (χ4n) is 6.68. The molecule has 230 valence electrons. The summed E-state index contributed by atoms with van der Waals surface area (Å²) in [5.74, 6) is 0.319. The van der Waals surface area contributed by atoms with Gasteiger partial charge in [0, 0.05) is 41.2 Å². The van der Waals surface area contributed by atoms with Crippen LogP contribution < -0.4 is 14.8 Å². The Bertz CT molecular complexity index is 1770. The highest BCUT2D eigenvalue weighted by Gasteiger charge is 2.37. The Hall–Kier alpha value is -3.72. The maximum atomic E-state index is 13.8. The molecule has 1 aliphatic heterocycles. The van der Waals surface area contributed by atoms with Gasteiger partial charge in [-0.3, -0.25) is 9.69 Å². The van der Waals surface area contributed by atoms with E-state index < -0.39 is 21.7 Å². The average Bonchev–Trinajstić information content (AvgIpc) is 3.01. The van der Waals surface area contributed by atoms with Crippen LogP contribution in [0.3, 0.4) is 0 Å². The van der Waals surface area contributed by atoms with E-state index in [1.54, 1.807) is 30.3 Å². The van der Waals surface area contributed by atoms with Crippen molar-refractivity contribution in [2.24, 2.45) is 0 Å². The summed E-state index contributed by atoms with van der Waals surface area (Å²) in [6, 6.07) is 25.9. The largest absolute Gasteiger partial charge is 0.487 e. The summed E-state index contributed by atoms with van der Waals surface area (Å²) in [7, 11) is -1.73. The number of fused-ring (bicyclic) bond motifs is 2. The monoisotopic (exact) mass is 611 g/mol. The van der Waals surface area contributed by atoms with Gasteiger partial charge in [0.05, 0.1) is 10.9 Å². The normalized spacial score (nSPS) is 18.5. The van der Waals surface area contributed by atoms with Crippen LogP contribution in [-0.4, -0.2) is 37.9 Å². The molecule has 2 N–H and O–H groups in total. The van der Waals surface area contributed by atoms with Gasteiger partial charge >= 0.3 is 0 Å². The van der Waals surface area contributed by atoms with E-state index in [4.69, 9.17) is 4.74 Å². The molecular formula is C36H41N3O4S. The maximum absolute atomic E-state index is 13.8. The molecule has 4 aromatic rings. The lowest BCUT2D eigenvalue weighted by Gasteiger charge is -2.38. The number of para-hydroxylation sites is 1. The number of amides is 1. The van der Waals surface area contributed by atoms with E-state index in [0.717, 1.165) is 23.2 Å². The van der Waals surface area contributed by atoms with Crippen LogP contribution in [0.4, 0.5) is 5.69 Å². The van der Waals surface area contributed by atoms with E-state index in [9.17, 15) is 13.2 Å². The van der Waals surface area contributed by atoms with Crippen molar-refractivity contribution in [2.75, 3.05) is 12.4 Å². The second-order valence-electron chi connectivity index (χ2n) is 12.8. The lowest BCUT2D eigenvalue weighted by Crippen LogP contribution is -2.41. The first kappa shape index (κ1) is 30.3. The van der Waals surface area contributed by atoms with Crippen molar-refractivity contribution in [3.63, 3.8) is 0 Å². The molecule has 1 heterocycles. The standard InChI is InChI=1S/C36H41N3O4S/c1-36(2)23-32(38-44(41,42)34-19-11-14-25-12-7-9-17-29(25)34)30-22-26(20-21-33(30)43-36)35(40)37-31-18-10-8-13-27(31)24-39(3)28-15-5-4-6-16-28/h7-14,17-22,28,32,38H,4-6,15-16,23-24H2,1-3H3,(H,37,40)/t32-/m0/s1. The predicted octanol–water partition coefficient (Wildman–Crippen LogP) is 7.44. The molecule has 0 spiro atoms. The Morgan fingerprint density at radius 2 is 1.66 bits per heavy atom. The molecule has 0 saturated heterocycles. The van der Waals surface area contributed by atoms with Gasteiger partial charge in [0.15, 0.2) is 0 Å². The molecule has 6 rings (SSSR count). The summed E-state index contributed by atoms with van der Waals surface area (Å²) in [5, 5.41) is 4.64. The van der Waals surface area contributed by atoms with Crippen LogP contribution >= 0.6 is 0 Å². The Kier molecular flexibility index (Phi) is 8.51. The van der Waals surface area contributed by atoms with Gasteiger partial charge in [-0.25, -0.2) is 13.1 Å². The minimum absolute atomic E-state index is 0.227. The quantitative estimate of drug-likeness (QED) is 0.216. The molecule has 0 aromatic heterocycles. The lowest BCUT2D eigenvalue weighted by atomic mass is 9.89. The Morgan fingerprint density at radius 3 is 2.48 bits per heavy atom. The molecule has 7 nitrogen and oxygen atoms in total. The van der Waals surface area contributed by atoms with Gasteiger partial charge in [-0.2, -0.15) is 0 Å². The van der Waals surface area contributed by atoms with Crippen molar-refractivity contribution in [2.45, 2.75) is 81.5 Å². The van der Waals surface area contributed by atoms with Crippen LogP contribution in [0.5, 0.6) is 5.75 Å². The minimum Gasteiger partial charge on any atom is -0.487 e. The van der Waals surface area contributed by atoms with Crippen molar-refractivity contribution in [1.29, 1.82) is 0 Å². The molecule has 0 bridgehead atoms. The lowest BCUT2D eigenvalue weighted by molar-refractivity contribution is 0.0701. The van der Waals surface area contributed by atoms with Crippen molar-refractivity contribution in [3.8, 4) is 5.75 Å². The zero-order valence-corrected chi connectivity index (χ0v) is 26.5. The number of sulfonamides is 1.